The van der Waals surface area contributed by atoms with Crippen LogP contribution in [0.4, 0.5) is 5.69 Å². The van der Waals surface area contributed by atoms with Crippen molar-refractivity contribution in [1.82, 2.24) is 9.88 Å². The molecule has 3 rings (SSSR count). The van der Waals surface area contributed by atoms with Gasteiger partial charge in [0.2, 0.25) is 0 Å². The molecule has 0 radical (unpaired) electrons. The maximum absolute atomic E-state index is 12.6. The maximum atomic E-state index is 12.6. The van der Waals surface area contributed by atoms with Crippen molar-refractivity contribution >= 4 is 11.6 Å². The van der Waals surface area contributed by atoms with E-state index >= 15 is 0 Å². The highest BCUT2D eigenvalue weighted by Gasteiger charge is 2.24. The molecule has 0 saturated carbocycles. The molecule has 0 N–H and O–H groups in total. The molecule has 2 aromatic rings. The first kappa shape index (κ1) is 16.5. The van der Waals surface area contributed by atoms with Crippen LogP contribution in [0, 0.1) is 0 Å². The van der Waals surface area contributed by atoms with Gasteiger partial charge in [-0.15, -0.1) is 0 Å². The normalized spacial score (nSPS) is 14.8. The summed E-state index contributed by atoms with van der Waals surface area (Å²) in [6, 6.07) is 10.3. The first-order chi connectivity index (χ1) is 11.7. The molecule has 24 heavy (non-hydrogen) atoms. The van der Waals surface area contributed by atoms with E-state index in [9.17, 15) is 4.79 Å². The number of nitrogens with zero attached hydrogens (tertiary/aromatic N) is 3. The lowest BCUT2D eigenvalue weighted by Crippen LogP contribution is -2.49. The highest BCUT2D eigenvalue weighted by Crippen LogP contribution is 2.28. The Labute approximate surface area is 144 Å². The van der Waals surface area contributed by atoms with Crippen molar-refractivity contribution in [2.75, 3.05) is 31.1 Å². The number of aryl methyl sites for hydroxylation is 2. The first-order valence-electron chi connectivity index (χ1n) is 8.79. The highest BCUT2D eigenvalue weighted by atomic mass is 16.2. The molecule has 0 bridgehead atoms. The van der Waals surface area contributed by atoms with Gasteiger partial charge < -0.3 is 9.80 Å². The minimum absolute atomic E-state index is 0.0854. The van der Waals surface area contributed by atoms with Gasteiger partial charge in [-0.3, -0.25) is 9.78 Å². The molecule has 2 heterocycles. The zero-order chi connectivity index (χ0) is 16.9. The van der Waals surface area contributed by atoms with Crippen molar-refractivity contribution in [3.63, 3.8) is 0 Å². The molecule has 1 aromatic carbocycles. The van der Waals surface area contributed by atoms with Gasteiger partial charge in [-0.2, -0.15) is 0 Å². The van der Waals surface area contributed by atoms with Crippen LogP contribution in [0.5, 0.6) is 0 Å². The minimum atomic E-state index is 0.0854. The third kappa shape index (κ3) is 3.28. The van der Waals surface area contributed by atoms with Crippen LogP contribution in [-0.4, -0.2) is 42.0 Å². The number of pyridine rings is 1. The SMILES string of the molecule is CCc1cccc(CC)c1N1CCN(C(=O)c2cccnc2)CC1. The van der Waals surface area contributed by atoms with Crippen molar-refractivity contribution in [3.05, 3.63) is 59.4 Å². The van der Waals surface area contributed by atoms with Crippen LogP contribution in [-0.2, 0) is 12.8 Å². The van der Waals surface area contributed by atoms with E-state index in [-0.39, 0.29) is 5.91 Å². The van der Waals surface area contributed by atoms with Gasteiger partial charge in [-0.05, 0) is 36.1 Å². The van der Waals surface area contributed by atoms with Gasteiger partial charge in [-0.25, -0.2) is 0 Å². The van der Waals surface area contributed by atoms with E-state index in [1.54, 1.807) is 12.4 Å². The van der Waals surface area contributed by atoms with E-state index in [1.165, 1.54) is 16.8 Å². The smallest absolute Gasteiger partial charge is 0.255 e. The predicted octanol–water partition coefficient (Wildman–Crippen LogP) is 3.17. The largest absolute Gasteiger partial charge is 0.368 e. The number of carbonyl (C=O) groups is 1. The molecule has 1 fully saturated rings. The Kier molecular flexibility index (Phi) is 5.14. The van der Waals surface area contributed by atoms with Gasteiger partial charge in [0.15, 0.2) is 0 Å². The Morgan fingerprint density at radius 1 is 1.00 bits per heavy atom. The third-order valence-electron chi connectivity index (χ3n) is 4.76. The maximum Gasteiger partial charge on any atom is 0.255 e. The fourth-order valence-corrected chi connectivity index (χ4v) is 3.43. The van der Waals surface area contributed by atoms with Crippen molar-refractivity contribution < 1.29 is 4.79 Å². The molecule has 0 spiro atoms. The van der Waals surface area contributed by atoms with Crippen LogP contribution in [0.3, 0.4) is 0 Å². The van der Waals surface area contributed by atoms with Crippen LogP contribution in [0.25, 0.3) is 0 Å². The molecule has 1 aliphatic rings. The van der Waals surface area contributed by atoms with Crippen LogP contribution in [0.15, 0.2) is 42.7 Å². The summed E-state index contributed by atoms with van der Waals surface area (Å²) in [6.45, 7) is 7.71. The number of amides is 1. The number of carbonyl (C=O) groups excluding carboxylic acids is 1. The van der Waals surface area contributed by atoms with Crippen LogP contribution in [0.2, 0.25) is 0 Å². The highest BCUT2D eigenvalue weighted by molar-refractivity contribution is 5.94. The Morgan fingerprint density at radius 2 is 1.67 bits per heavy atom. The summed E-state index contributed by atoms with van der Waals surface area (Å²) in [5.41, 5.74) is 4.87. The lowest BCUT2D eigenvalue weighted by molar-refractivity contribution is 0.0746. The van der Waals surface area contributed by atoms with Gasteiger partial charge in [0.25, 0.3) is 5.91 Å². The molecule has 1 amide bonds. The second kappa shape index (κ2) is 7.47. The molecule has 0 atom stereocenters. The Bertz CT molecular complexity index is 669. The minimum Gasteiger partial charge on any atom is -0.368 e. The molecular weight excluding hydrogens is 298 g/mol. The van der Waals surface area contributed by atoms with Crippen LogP contribution in [0.1, 0.15) is 35.3 Å². The number of aromatic nitrogens is 1. The second-order valence-electron chi connectivity index (χ2n) is 6.15. The second-order valence-corrected chi connectivity index (χ2v) is 6.15. The van der Waals surface area contributed by atoms with Crippen molar-refractivity contribution in [1.29, 1.82) is 0 Å². The van der Waals surface area contributed by atoms with E-state index in [0.29, 0.717) is 5.56 Å². The number of piperazine rings is 1. The number of hydrogen-bond acceptors (Lipinski definition) is 3. The Hall–Kier alpha value is -2.36. The van der Waals surface area contributed by atoms with E-state index in [2.05, 4.69) is 41.9 Å². The quantitative estimate of drug-likeness (QED) is 0.867. The van der Waals surface area contributed by atoms with Gasteiger partial charge in [0.05, 0.1) is 5.56 Å². The summed E-state index contributed by atoms with van der Waals surface area (Å²) >= 11 is 0. The van der Waals surface area contributed by atoms with Gasteiger partial charge in [-0.1, -0.05) is 32.0 Å². The molecule has 4 nitrogen and oxygen atoms in total. The number of anilines is 1. The molecular formula is C20H25N3O. The lowest BCUT2D eigenvalue weighted by atomic mass is 10.0. The van der Waals surface area contributed by atoms with Crippen molar-refractivity contribution in [3.8, 4) is 0 Å². The Balaban J connectivity index is 1.73. The molecule has 0 aliphatic carbocycles. The van der Waals surface area contributed by atoms with Crippen LogP contribution >= 0.6 is 0 Å². The summed E-state index contributed by atoms with van der Waals surface area (Å²) in [5, 5.41) is 0. The van der Waals surface area contributed by atoms with Gasteiger partial charge in [0, 0.05) is 44.3 Å². The zero-order valence-electron chi connectivity index (χ0n) is 14.5. The summed E-state index contributed by atoms with van der Waals surface area (Å²) in [6.07, 6.45) is 5.43. The average Bonchev–Trinajstić information content (AvgIpc) is 2.67. The lowest BCUT2D eigenvalue weighted by Gasteiger charge is -2.38. The number of rotatable bonds is 4. The topological polar surface area (TPSA) is 36.4 Å². The number of para-hydroxylation sites is 1. The average molecular weight is 323 g/mol. The van der Waals surface area contributed by atoms with Crippen molar-refractivity contribution in [2.24, 2.45) is 0 Å². The predicted molar refractivity (Wildman–Crippen MR) is 97.6 cm³/mol. The molecule has 0 unspecified atom stereocenters. The fraction of sp³-hybridized carbons (Fsp3) is 0.400. The molecule has 1 aromatic heterocycles. The van der Waals surface area contributed by atoms with E-state index < -0.39 is 0 Å². The molecule has 1 aliphatic heterocycles. The Morgan fingerprint density at radius 3 is 2.21 bits per heavy atom. The zero-order valence-corrected chi connectivity index (χ0v) is 14.5. The summed E-state index contributed by atoms with van der Waals surface area (Å²) in [4.78, 5) is 21.0. The van der Waals surface area contributed by atoms with Crippen molar-refractivity contribution in [2.45, 2.75) is 26.7 Å². The molecule has 4 heteroatoms. The van der Waals surface area contributed by atoms with Gasteiger partial charge in [0.1, 0.15) is 0 Å². The molecule has 126 valence electrons. The number of benzene rings is 1. The standard InChI is InChI=1S/C20H25N3O/c1-3-16-7-5-8-17(4-2)19(16)22-11-13-23(14-12-22)20(24)18-9-6-10-21-15-18/h5-10,15H,3-4,11-14H2,1-2H3. The number of hydrogen-bond donors (Lipinski definition) is 0. The third-order valence-corrected chi connectivity index (χ3v) is 4.76. The van der Waals surface area contributed by atoms with Gasteiger partial charge >= 0.3 is 0 Å². The van der Waals surface area contributed by atoms with E-state index in [1.807, 2.05) is 17.0 Å². The fourth-order valence-electron chi connectivity index (χ4n) is 3.43. The summed E-state index contributed by atoms with van der Waals surface area (Å²) in [5.74, 6) is 0.0854. The monoisotopic (exact) mass is 323 g/mol. The summed E-state index contributed by atoms with van der Waals surface area (Å²) in [7, 11) is 0. The van der Waals surface area contributed by atoms with Crippen LogP contribution < -0.4 is 4.90 Å². The molecule has 1 saturated heterocycles. The first-order valence-corrected chi connectivity index (χ1v) is 8.79. The van der Waals surface area contributed by atoms with E-state index in [0.717, 1.165) is 39.0 Å². The van der Waals surface area contributed by atoms with E-state index in [4.69, 9.17) is 0 Å². The summed E-state index contributed by atoms with van der Waals surface area (Å²) < 4.78 is 0.